The summed E-state index contributed by atoms with van der Waals surface area (Å²) in [7, 11) is 0. The zero-order valence-corrected chi connectivity index (χ0v) is 11.8. The third kappa shape index (κ3) is 4.96. The number of nitrogens with zero attached hydrogens (tertiary/aromatic N) is 1. The number of carboxylic acids is 2. The second kappa shape index (κ2) is 7.59. The van der Waals surface area contributed by atoms with Gasteiger partial charge in [-0.05, 0) is 12.8 Å². The maximum atomic E-state index is 11.5. The van der Waals surface area contributed by atoms with Gasteiger partial charge in [0.2, 0.25) is 5.91 Å². The van der Waals surface area contributed by atoms with Gasteiger partial charge < -0.3 is 15.5 Å². The van der Waals surface area contributed by atoms with Crippen LogP contribution >= 0.6 is 11.3 Å². The molecule has 0 aliphatic rings. The maximum absolute atomic E-state index is 11.5. The Morgan fingerprint density at radius 1 is 1.25 bits per heavy atom. The Bertz CT molecular complexity index is 512. The molecule has 0 fully saturated rings. The molecule has 20 heavy (non-hydrogen) atoms. The van der Waals surface area contributed by atoms with Crippen LogP contribution in [0.3, 0.4) is 0 Å². The predicted octanol–water partition coefficient (Wildman–Crippen LogP) is 1.99. The lowest BCUT2D eigenvalue weighted by molar-refractivity contribution is -0.138. The van der Waals surface area contributed by atoms with E-state index in [2.05, 4.69) is 10.3 Å². The van der Waals surface area contributed by atoms with Crippen LogP contribution in [0.15, 0.2) is 0 Å². The topological polar surface area (TPSA) is 117 Å². The summed E-state index contributed by atoms with van der Waals surface area (Å²) in [4.78, 5) is 37.1. The number of aromatic carboxylic acids is 1. The Hall–Kier alpha value is -1.96. The largest absolute Gasteiger partial charge is 0.481 e. The van der Waals surface area contributed by atoms with Crippen molar-refractivity contribution >= 4 is 34.3 Å². The van der Waals surface area contributed by atoms with E-state index in [-0.39, 0.29) is 22.9 Å². The second-order valence-corrected chi connectivity index (χ2v) is 5.14. The summed E-state index contributed by atoms with van der Waals surface area (Å²) < 4.78 is 0. The number of nitrogens with one attached hydrogen (secondary N) is 1. The highest BCUT2D eigenvalue weighted by molar-refractivity contribution is 7.17. The molecular weight excluding hydrogens is 284 g/mol. The smallest absolute Gasteiger partial charge is 0.347 e. The SMILES string of the molecule is CCCCc1nc(NC(=O)CCC(=O)O)sc1C(=O)O. The van der Waals surface area contributed by atoms with Crippen molar-refractivity contribution < 1.29 is 24.6 Å². The van der Waals surface area contributed by atoms with Crippen LogP contribution in [0.4, 0.5) is 5.13 Å². The minimum Gasteiger partial charge on any atom is -0.481 e. The van der Waals surface area contributed by atoms with E-state index >= 15 is 0 Å². The fourth-order valence-electron chi connectivity index (χ4n) is 1.49. The van der Waals surface area contributed by atoms with E-state index in [9.17, 15) is 14.4 Å². The van der Waals surface area contributed by atoms with Crippen molar-refractivity contribution in [2.45, 2.75) is 39.0 Å². The summed E-state index contributed by atoms with van der Waals surface area (Å²) in [6.07, 6.45) is 1.83. The number of aryl methyl sites for hydroxylation is 1. The first-order valence-electron chi connectivity index (χ1n) is 6.18. The molecule has 110 valence electrons. The normalized spacial score (nSPS) is 10.2. The van der Waals surface area contributed by atoms with Gasteiger partial charge in [-0.15, -0.1) is 0 Å². The predicted molar refractivity (Wildman–Crippen MR) is 73.2 cm³/mol. The Kier molecular flexibility index (Phi) is 6.10. The first-order valence-corrected chi connectivity index (χ1v) is 7.00. The van der Waals surface area contributed by atoms with Gasteiger partial charge in [-0.1, -0.05) is 24.7 Å². The van der Waals surface area contributed by atoms with E-state index in [0.29, 0.717) is 12.1 Å². The lowest BCUT2D eigenvalue weighted by Crippen LogP contribution is -2.13. The third-order valence-corrected chi connectivity index (χ3v) is 3.47. The van der Waals surface area contributed by atoms with Gasteiger partial charge in [-0.2, -0.15) is 0 Å². The average molecular weight is 300 g/mol. The van der Waals surface area contributed by atoms with Crippen LogP contribution in [-0.2, 0) is 16.0 Å². The number of rotatable bonds is 8. The first kappa shape index (κ1) is 16.1. The number of carbonyl (C=O) groups is 3. The molecule has 1 heterocycles. The number of hydrogen-bond acceptors (Lipinski definition) is 5. The monoisotopic (exact) mass is 300 g/mol. The van der Waals surface area contributed by atoms with Crippen LogP contribution < -0.4 is 5.32 Å². The lowest BCUT2D eigenvalue weighted by atomic mass is 10.2. The van der Waals surface area contributed by atoms with E-state index in [0.717, 1.165) is 24.2 Å². The van der Waals surface area contributed by atoms with E-state index < -0.39 is 17.8 Å². The van der Waals surface area contributed by atoms with E-state index in [4.69, 9.17) is 10.2 Å². The number of amides is 1. The summed E-state index contributed by atoms with van der Waals surface area (Å²) in [6, 6.07) is 0. The first-order chi connectivity index (χ1) is 9.43. The number of carbonyl (C=O) groups excluding carboxylic acids is 1. The molecule has 3 N–H and O–H groups in total. The van der Waals surface area contributed by atoms with E-state index in [1.54, 1.807) is 0 Å². The number of aromatic nitrogens is 1. The van der Waals surface area contributed by atoms with Gasteiger partial charge >= 0.3 is 11.9 Å². The van der Waals surface area contributed by atoms with E-state index in [1.807, 2.05) is 6.92 Å². The van der Waals surface area contributed by atoms with Crippen molar-refractivity contribution in [2.75, 3.05) is 5.32 Å². The number of thiazole rings is 1. The number of unbranched alkanes of at least 4 members (excludes halogenated alkanes) is 1. The van der Waals surface area contributed by atoms with Crippen LogP contribution in [0, 0.1) is 0 Å². The number of aliphatic carboxylic acids is 1. The van der Waals surface area contributed by atoms with Gasteiger partial charge in [0.05, 0.1) is 12.1 Å². The molecule has 0 spiro atoms. The zero-order valence-electron chi connectivity index (χ0n) is 11.0. The van der Waals surface area contributed by atoms with Crippen molar-refractivity contribution in [3.05, 3.63) is 10.6 Å². The summed E-state index contributed by atoms with van der Waals surface area (Å²) in [5, 5.41) is 20.2. The van der Waals surface area contributed by atoms with Gasteiger partial charge in [0, 0.05) is 6.42 Å². The quantitative estimate of drug-likeness (QED) is 0.676. The molecular formula is C12H16N2O5S. The highest BCUT2D eigenvalue weighted by Crippen LogP contribution is 2.24. The number of hydrogen-bond donors (Lipinski definition) is 3. The molecule has 0 unspecified atom stereocenters. The highest BCUT2D eigenvalue weighted by atomic mass is 32.1. The highest BCUT2D eigenvalue weighted by Gasteiger charge is 2.18. The Morgan fingerprint density at radius 2 is 1.95 bits per heavy atom. The molecule has 0 atom stereocenters. The molecule has 1 amide bonds. The maximum Gasteiger partial charge on any atom is 0.347 e. The third-order valence-electron chi connectivity index (χ3n) is 2.47. The lowest BCUT2D eigenvalue weighted by Gasteiger charge is -1.98. The van der Waals surface area contributed by atoms with Crippen molar-refractivity contribution in [3.8, 4) is 0 Å². The summed E-state index contributed by atoms with van der Waals surface area (Å²) >= 11 is 0.891. The Labute approximate surface area is 119 Å². The molecule has 1 rings (SSSR count). The molecule has 1 aromatic rings. The molecule has 0 aliphatic carbocycles. The molecule has 7 nitrogen and oxygen atoms in total. The molecule has 0 radical (unpaired) electrons. The van der Waals surface area contributed by atoms with Crippen molar-refractivity contribution in [1.29, 1.82) is 0 Å². The summed E-state index contributed by atoms with van der Waals surface area (Å²) in [5.41, 5.74) is 0.456. The second-order valence-electron chi connectivity index (χ2n) is 4.15. The molecule has 0 aromatic carbocycles. The van der Waals surface area contributed by atoms with Crippen molar-refractivity contribution in [2.24, 2.45) is 0 Å². The zero-order chi connectivity index (χ0) is 15.1. The molecule has 0 saturated heterocycles. The summed E-state index contributed by atoms with van der Waals surface area (Å²) in [6.45, 7) is 1.99. The minimum atomic E-state index is -1.07. The molecule has 1 aromatic heterocycles. The van der Waals surface area contributed by atoms with Crippen LogP contribution in [0.2, 0.25) is 0 Å². The van der Waals surface area contributed by atoms with Crippen LogP contribution in [0.1, 0.15) is 48.0 Å². The molecule has 8 heteroatoms. The number of anilines is 1. The van der Waals surface area contributed by atoms with Gasteiger partial charge in [0.1, 0.15) is 4.88 Å². The van der Waals surface area contributed by atoms with Crippen LogP contribution in [0.25, 0.3) is 0 Å². The van der Waals surface area contributed by atoms with Gasteiger partial charge in [0.15, 0.2) is 5.13 Å². The fraction of sp³-hybridized carbons (Fsp3) is 0.500. The molecule has 0 bridgehead atoms. The molecule has 0 saturated carbocycles. The average Bonchev–Trinajstić information content (AvgIpc) is 2.77. The van der Waals surface area contributed by atoms with Crippen LogP contribution in [0.5, 0.6) is 0 Å². The molecule has 0 aliphatic heterocycles. The van der Waals surface area contributed by atoms with Crippen molar-refractivity contribution in [1.82, 2.24) is 4.98 Å². The van der Waals surface area contributed by atoms with Gasteiger partial charge in [-0.3, -0.25) is 9.59 Å². The van der Waals surface area contributed by atoms with Gasteiger partial charge in [-0.25, -0.2) is 9.78 Å². The van der Waals surface area contributed by atoms with Crippen LogP contribution in [-0.4, -0.2) is 33.0 Å². The summed E-state index contributed by atoms with van der Waals surface area (Å²) in [5.74, 6) is -2.62. The fourth-order valence-corrected chi connectivity index (χ4v) is 2.36. The Balaban J connectivity index is 2.73. The minimum absolute atomic E-state index is 0.118. The van der Waals surface area contributed by atoms with Gasteiger partial charge in [0.25, 0.3) is 0 Å². The van der Waals surface area contributed by atoms with E-state index in [1.165, 1.54) is 0 Å². The standard InChI is InChI=1S/C12H16N2O5S/c1-2-3-4-7-10(11(18)19)20-12(13-7)14-8(15)5-6-9(16)17/h2-6H2,1H3,(H,16,17)(H,18,19)(H,13,14,15). The Morgan fingerprint density at radius 3 is 2.50 bits per heavy atom. The van der Waals surface area contributed by atoms with Crippen molar-refractivity contribution in [3.63, 3.8) is 0 Å². The number of carboxylic acid groups (broad SMARTS) is 2.